The molecule has 0 saturated heterocycles. The van der Waals surface area contributed by atoms with E-state index >= 15 is 0 Å². The predicted molar refractivity (Wildman–Crippen MR) is 96.4 cm³/mol. The van der Waals surface area contributed by atoms with Gasteiger partial charge in [0, 0.05) is 12.6 Å². The highest BCUT2D eigenvalue weighted by molar-refractivity contribution is 5.97. The molecule has 5 nitrogen and oxygen atoms in total. The van der Waals surface area contributed by atoms with Gasteiger partial charge in [0.2, 0.25) is 0 Å². The molecule has 1 amide bonds. The van der Waals surface area contributed by atoms with Crippen molar-refractivity contribution in [1.29, 1.82) is 0 Å². The molecule has 0 aliphatic heterocycles. The zero-order valence-electron chi connectivity index (χ0n) is 14.7. The third-order valence-corrected chi connectivity index (χ3v) is 3.90. The molecule has 0 aromatic heterocycles. The van der Waals surface area contributed by atoms with Crippen LogP contribution in [-0.2, 0) is 4.79 Å². The number of Topliss-reactive ketones (excluding diaryl/α,β-unsaturated/α-hetero) is 1. The second kappa shape index (κ2) is 8.87. The fourth-order valence-electron chi connectivity index (χ4n) is 2.40. The number of nitrogens with one attached hydrogen (secondary N) is 1. The molecule has 0 radical (unpaired) electrons. The summed E-state index contributed by atoms with van der Waals surface area (Å²) in [6, 6.07) is 14.9. The molecule has 5 heteroatoms. The molecule has 0 spiro atoms. The van der Waals surface area contributed by atoms with Gasteiger partial charge in [0.25, 0.3) is 5.91 Å². The molecular weight excluding hydrogens is 318 g/mol. The molecule has 2 aromatic rings. The molecule has 2 rings (SSSR count). The number of carbonyl (C=O) groups is 2. The normalized spacial score (nSPS) is 11.5. The first-order valence-corrected chi connectivity index (χ1v) is 8.14. The van der Waals surface area contributed by atoms with Crippen LogP contribution in [-0.4, -0.2) is 32.0 Å². The Balaban J connectivity index is 1.90. The van der Waals surface area contributed by atoms with Crippen molar-refractivity contribution in [2.45, 2.75) is 19.8 Å². The summed E-state index contributed by atoms with van der Waals surface area (Å²) in [6.07, 6.45) is 0. The van der Waals surface area contributed by atoms with E-state index in [0.717, 1.165) is 5.56 Å². The minimum absolute atomic E-state index is 0.129. The van der Waals surface area contributed by atoms with Crippen molar-refractivity contribution in [3.05, 3.63) is 59.7 Å². The molecule has 0 aliphatic rings. The minimum atomic E-state index is -0.236. The van der Waals surface area contributed by atoms with Gasteiger partial charge in [-0.15, -0.1) is 0 Å². The van der Waals surface area contributed by atoms with Crippen molar-refractivity contribution in [2.24, 2.45) is 0 Å². The Morgan fingerprint density at radius 1 is 1.12 bits per heavy atom. The number of hydrogen-bond acceptors (Lipinski definition) is 4. The van der Waals surface area contributed by atoms with E-state index in [2.05, 4.69) is 5.32 Å². The van der Waals surface area contributed by atoms with Crippen LogP contribution < -0.4 is 14.8 Å². The summed E-state index contributed by atoms with van der Waals surface area (Å²) >= 11 is 0. The van der Waals surface area contributed by atoms with Crippen molar-refractivity contribution < 1.29 is 19.1 Å². The maximum Gasteiger partial charge on any atom is 0.257 e. The lowest BCUT2D eigenvalue weighted by Crippen LogP contribution is -2.32. The fraction of sp³-hybridized carbons (Fsp3) is 0.300. The van der Waals surface area contributed by atoms with Crippen LogP contribution in [0.15, 0.2) is 48.5 Å². The summed E-state index contributed by atoms with van der Waals surface area (Å²) < 4.78 is 10.7. The number of amides is 1. The first kappa shape index (κ1) is 18.5. The number of carbonyl (C=O) groups excluding carboxylic acids is 2. The van der Waals surface area contributed by atoms with E-state index in [4.69, 9.17) is 9.47 Å². The highest BCUT2D eigenvalue weighted by Crippen LogP contribution is 2.25. The first-order valence-electron chi connectivity index (χ1n) is 8.14. The zero-order chi connectivity index (χ0) is 18.2. The van der Waals surface area contributed by atoms with Crippen molar-refractivity contribution in [3.63, 3.8) is 0 Å². The maximum absolute atomic E-state index is 12.0. The van der Waals surface area contributed by atoms with Crippen LogP contribution in [0.4, 0.5) is 0 Å². The molecule has 1 atom stereocenters. The summed E-state index contributed by atoms with van der Waals surface area (Å²) in [5.74, 6) is 0.752. The summed E-state index contributed by atoms with van der Waals surface area (Å²) in [6.45, 7) is 3.86. The zero-order valence-corrected chi connectivity index (χ0v) is 14.7. The second-order valence-electron chi connectivity index (χ2n) is 5.82. The second-order valence-corrected chi connectivity index (χ2v) is 5.82. The summed E-state index contributed by atoms with van der Waals surface area (Å²) in [5.41, 5.74) is 1.58. The lowest BCUT2D eigenvalue weighted by atomic mass is 10.0. The lowest BCUT2D eigenvalue weighted by molar-refractivity contribution is -0.123. The smallest absolute Gasteiger partial charge is 0.257 e. The van der Waals surface area contributed by atoms with Crippen molar-refractivity contribution >= 4 is 11.7 Å². The molecule has 132 valence electrons. The molecule has 0 bridgehead atoms. The Morgan fingerprint density at radius 2 is 1.84 bits per heavy atom. The van der Waals surface area contributed by atoms with Gasteiger partial charge in [0.1, 0.15) is 11.5 Å². The van der Waals surface area contributed by atoms with E-state index in [1.165, 1.54) is 14.0 Å². The third kappa shape index (κ3) is 5.35. The monoisotopic (exact) mass is 341 g/mol. The van der Waals surface area contributed by atoms with Gasteiger partial charge >= 0.3 is 0 Å². The summed E-state index contributed by atoms with van der Waals surface area (Å²) in [7, 11) is 1.53. The molecule has 0 heterocycles. The number of ether oxygens (including phenoxy) is 2. The highest BCUT2D eigenvalue weighted by Gasteiger charge is 2.13. The molecule has 1 N–H and O–H groups in total. The van der Waals surface area contributed by atoms with Gasteiger partial charge < -0.3 is 14.8 Å². The average molecular weight is 341 g/mol. The fourth-order valence-corrected chi connectivity index (χ4v) is 2.40. The van der Waals surface area contributed by atoms with E-state index in [-0.39, 0.29) is 24.2 Å². The lowest BCUT2D eigenvalue weighted by Gasteiger charge is -2.14. The van der Waals surface area contributed by atoms with Crippen LogP contribution in [0, 0.1) is 0 Å². The van der Waals surface area contributed by atoms with Crippen LogP contribution in [0.25, 0.3) is 0 Å². The van der Waals surface area contributed by atoms with Gasteiger partial charge in [-0.1, -0.05) is 37.3 Å². The largest absolute Gasteiger partial charge is 0.497 e. The predicted octanol–water partition coefficient (Wildman–Crippen LogP) is 3.20. The van der Waals surface area contributed by atoms with E-state index in [1.807, 2.05) is 37.3 Å². The van der Waals surface area contributed by atoms with E-state index in [9.17, 15) is 9.59 Å². The van der Waals surface area contributed by atoms with Gasteiger partial charge in [0.15, 0.2) is 12.4 Å². The van der Waals surface area contributed by atoms with Crippen LogP contribution in [0.1, 0.15) is 35.7 Å². The van der Waals surface area contributed by atoms with Crippen LogP contribution in [0.3, 0.4) is 0 Å². The molecule has 2 aromatic carbocycles. The standard InChI is InChI=1S/C20H23NO4/c1-14(16-7-5-4-6-8-16)12-21-20(23)13-25-19-11-17(24-3)9-10-18(19)15(2)22/h4-11,14H,12-13H2,1-3H3,(H,21,23). The Hall–Kier alpha value is -2.82. The topological polar surface area (TPSA) is 64.6 Å². The van der Waals surface area contributed by atoms with Gasteiger partial charge in [0.05, 0.1) is 12.7 Å². The minimum Gasteiger partial charge on any atom is -0.497 e. The number of hydrogen-bond donors (Lipinski definition) is 1. The molecule has 0 saturated carbocycles. The SMILES string of the molecule is COc1ccc(C(C)=O)c(OCC(=O)NCC(C)c2ccccc2)c1. The Morgan fingerprint density at radius 3 is 2.48 bits per heavy atom. The van der Waals surface area contributed by atoms with E-state index < -0.39 is 0 Å². The Labute approximate surface area is 148 Å². The number of rotatable bonds is 8. The van der Waals surface area contributed by atoms with Gasteiger partial charge in [-0.3, -0.25) is 9.59 Å². The van der Waals surface area contributed by atoms with Crippen molar-refractivity contribution in [1.82, 2.24) is 5.32 Å². The third-order valence-electron chi connectivity index (χ3n) is 3.90. The summed E-state index contributed by atoms with van der Waals surface area (Å²) in [5, 5.41) is 2.85. The quantitative estimate of drug-likeness (QED) is 0.749. The van der Waals surface area contributed by atoms with Gasteiger partial charge in [-0.2, -0.15) is 0 Å². The average Bonchev–Trinajstić information content (AvgIpc) is 2.64. The van der Waals surface area contributed by atoms with Gasteiger partial charge in [-0.05, 0) is 30.5 Å². The molecule has 25 heavy (non-hydrogen) atoms. The molecular formula is C20H23NO4. The maximum atomic E-state index is 12.0. The Bertz CT molecular complexity index is 728. The molecule has 0 aliphatic carbocycles. The first-order chi connectivity index (χ1) is 12.0. The van der Waals surface area contributed by atoms with Gasteiger partial charge in [-0.25, -0.2) is 0 Å². The van der Waals surface area contributed by atoms with E-state index in [0.29, 0.717) is 23.6 Å². The summed E-state index contributed by atoms with van der Waals surface area (Å²) in [4.78, 5) is 23.7. The highest BCUT2D eigenvalue weighted by atomic mass is 16.5. The van der Waals surface area contributed by atoms with Crippen LogP contribution in [0.2, 0.25) is 0 Å². The van der Waals surface area contributed by atoms with Crippen LogP contribution >= 0.6 is 0 Å². The molecule has 0 fully saturated rings. The number of benzene rings is 2. The van der Waals surface area contributed by atoms with Crippen LogP contribution in [0.5, 0.6) is 11.5 Å². The van der Waals surface area contributed by atoms with E-state index in [1.54, 1.807) is 18.2 Å². The Kier molecular flexibility index (Phi) is 6.57. The number of methoxy groups -OCH3 is 1. The van der Waals surface area contributed by atoms with Crippen molar-refractivity contribution in [2.75, 3.05) is 20.3 Å². The molecule has 1 unspecified atom stereocenters. The van der Waals surface area contributed by atoms with Crippen molar-refractivity contribution in [3.8, 4) is 11.5 Å². The number of ketones is 1.